The van der Waals surface area contributed by atoms with Crippen LogP contribution in [-0.2, 0) is 20.7 Å². The molecule has 3 rings (SSSR count). The normalized spacial score (nSPS) is 10.2. The van der Waals surface area contributed by atoms with Gasteiger partial charge in [0, 0.05) is 23.2 Å². The van der Waals surface area contributed by atoms with E-state index in [1.165, 1.54) is 17.7 Å². The summed E-state index contributed by atoms with van der Waals surface area (Å²) in [4.78, 5) is 48.7. The maximum absolute atomic E-state index is 12.4. The van der Waals surface area contributed by atoms with Crippen LogP contribution in [0.2, 0.25) is 0 Å². The number of rotatable bonds is 10. The summed E-state index contributed by atoms with van der Waals surface area (Å²) in [7, 11) is 0. The SMILES string of the molecule is Cc1ccccc1C(=O)Nc1ccc(C(=O)NNC(=S)NC(=O)CCC(=O)OCCCc2ccccc2)cc1. The fourth-order valence-electron chi connectivity index (χ4n) is 3.53. The molecule has 10 heteroatoms. The molecule has 0 unspecified atom stereocenters. The highest BCUT2D eigenvalue weighted by Crippen LogP contribution is 2.13. The van der Waals surface area contributed by atoms with Crippen molar-refractivity contribution in [3.63, 3.8) is 0 Å². The predicted molar refractivity (Wildman–Crippen MR) is 152 cm³/mol. The average Bonchev–Trinajstić information content (AvgIpc) is 2.94. The van der Waals surface area contributed by atoms with Crippen molar-refractivity contribution >= 4 is 46.7 Å². The lowest BCUT2D eigenvalue weighted by molar-refractivity contribution is -0.145. The quantitative estimate of drug-likeness (QED) is 0.132. The van der Waals surface area contributed by atoms with E-state index in [1.54, 1.807) is 24.3 Å². The Kier molecular flexibility index (Phi) is 11.1. The topological polar surface area (TPSA) is 126 Å². The first-order valence-electron chi connectivity index (χ1n) is 12.4. The predicted octanol–water partition coefficient (Wildman–Crippen LogP) is 3.84. The van der Waals surface area contributed by atoms with E-state index >= 15 is 0 Å². The number of nitrogens with one attached hydrogen (secondary N) is 4. The zero-order valence-corrected chi connectivity index (χ0v) is 22.3. The molecule has 0 spiro atoms. The van der Waals surface area contributed by atoms with Gasteiger partial charge in [0.05, 0.1) is 13.0 Å². The summed E-state index contributed by atoms with van der Waals surface area (Å²) in [6.07, 6.45) is 1.30. The molecule has 0 saturated heterocycles. The van der Waals surface area contributed by atoms with Crippen molar-refractivity contribution < 1.29 is 23.9 Å². The summed E-state index contributed by atoms with van der Waals surface area (Å²) >= 11 is 5.01. The van der Waals surface area contributed by atoms with E-state index in [-0.39, 0.29) is 30.5 Å². The van der Waals surface area contributed by atoms with Crippen LogP contribution in [0.15, 0.2) is 78.9 Å². The van der Waals surface area contributed by atoms with Crippen LogP contribution in [0.4, 0.5) is 5.69 Å². The van der Waals surface area contributed by atoms with Gasteiger partial charge in [-0.2, -0.15) is 0 Å². The Balaban J connectivity index is 1.31. The molecule has 0 aromatic heterocycles. The van der Waals surface area contributed by atoms with Crippen LogP contribution in [0.3, 0.4) is 0 Å². The van der Waals surface area contributed by atoms with Crippen LogP contribution in [0.1, 0.15) is 51.1 Å². The van der Waals surface area contributed by atoms with E-state index in [2.05, 4.69) is 21.5 Å². The third kappa shape index (κ3) is 10.0. The van der Waals surface area contributed by atoms with Gasteiger partial charge in [0.25, 0.3) is 11.8 Å². The summed E-state index contributed by atoms with van der Waals surface area (Å²) in [5.41, 5.74) is 8.26. The summed E-state index contributed by atoms with van der Waals surface area (Å²) in [5.74, 6) is -1.70. The number of amides is 3. The van der Waals surface area contributed by atoms with Gasteiger partial charge in [0.15, 0.2) is 5.11 Å². The first kappa shape index (κ1) is 29.0. The molecule has 9 nitrogen and oxygen atoms in total. The van der Waals surface area contributed by atoms with Gasteiger partial charge in [-0.05, 0) is 73.4 Å². The first-order valence-corrected chi connectivity index (χ1v) is 12.8. The highest BCUT2D eigenvalue weighted by atomic mass is 32.1. The second kappa shape index (κ2) is 15.0. The second-order valence-corrected chi connectivity index (χ2v) is 9.02. The van der Waals surface area contributed by atoms with E-state index in [9.17, 15) is 19.2 Å². The minimum absolute atomic E-state index is 0.0845. The maximum Gasteiger partial charge on any atom is 0.306 e. The molecule has 0 atom stereocenters. The van der Waals surface area contributed by atoms with Crippen molar-refractivity contribution in [1.29, 1.82) is 0 Å². The Hall–Kier alpha value is -4.57. The van der Waals surface area contributed by atoms with Gasteiger partial charge in [0.2, 0.25) is 5.91 Å². The van der Waals surface area contributed by atoms with Crippen molar-refractivity contribution in [1.82, 2.24) is 16.2 Å². The molecule has 0 aliphatic rings. The Morgan fingerprint density at radius 3 is 2.21 bits per heavy atom. The van der Waals surface area contributed by atoms with Crippen molar-refractivity contribution in [2.24, 2.45) is 0 Å². The molecule has 3 aromatic rings. The van der Waals surface area contributed by atoms with Crippen LogP contribution in [0.25, 0.3) is 0 Å². The molecular formula is C29H30N4O5S. The lowest BCUT2D eigenvalue weighted by Gasteiger charge is -2.11. The molecule has 0 aliphatic heterocycles. The fraction of sp³-hybridized carbons (Fsp3) is 0.207. The number of hydrazine groups is 1. The van der Waals surface area contributed by atoms with Crippen LogP contribution >= 0.6 is 12.2 Å². The van der Waals surface area contributed by atoms with Crippen LogP contribution in [0, 0.1) is 6.92 Å². The molecule has 3 amide bonds. The fourth-order valence-corrected chi connectivity index (χ4v) is 3.70. The van der Waals surface area contributed by atoms with E-state index in [0.717, 1.165) is 12.0 Å². The monoisotopic (exact) mass is 546 g/mol. The Labute approximate surface area is 232 Å². The summed E-state index contributed by atoms with van der Waals surface area (Å²) in [6.45, 7) is 2.13. The number of aryl methyl sites for hydroxylation is 2. The van der Waals surface area contributed by atoms with Gasteiger partial charge in [-0.25, -0.2) is 0 Å². The third-order valence-corrected chi connectivity index (χ3v) is 5.81. The molecule has 4 N–H and O–H groups in total. The molecule has 39 heavy (non-hydrogen) atoms. The molecule has 3 aromatic carbocycles. The molecule has 202 valence electrons. The van der Waals surface area contributed by atoms with Gasteiger partial charge in [-0.15, -0.1) is 0 Å². The zero-order valence-electron chi connectivity index (χ0n) is 21.5. The number of hydrogen-bond donors (Lipinski definition) is 4. The summed E-state index contributed by atoms with van der Waals surface area (Å²) < 4.78 is 5.16. The summed E-state index contributed by atoms with van der Waals surface area (Å²) in [5, 5.41) is 5.06. The van der Waals surface area contributed by atoms with E-state index in [0.29, 0.717) is 23.2 Å². The average molecular weight is 547 g/mol. The number of carbonyl (C=O) groups is 4. The highest BCUT2D eigenvalue weighted by molar-refractivity contribution is 7.80. The van der Waals surface area contributed by atoms with Crippen molar-refractivity contribution in [2.75, 3.05) is 11.9 Å². The van der Waals surface area contributed by atoms with Gasteiger partial charge in [-0.1, -0.05) is 48.5 Å². The van der Waals surface area contributed by atoms with E-state index in [4.69, 9.17) is 17.0 Å². The molecule has 0 bridgehead atoms. The number of benzene rings is 3. The van der Waals surface area contributed by atoms with Crippen LogP contribution in [-0.4, -0.2) is 35.4 Å². The van der Waals surface area contributed by atoms with Crippen LogP contribution < -0.4 is 21.5 Å². The second-order valence-electron chi connectivity index (χ2n) is 8.61. The minimum Gasteiger partial charge on any atom is -0.466 e. The number of thiocarbonyl (C=S) groups is 1. The highest BCUT2D eigenvalue weighted by Gasteiger charge is 2.12. The molecular weight excluding hydrogens is 516 g/mol. The molecule has 0 heterocycles. The lowest BCUT2D eigenvalue weighted by atomic mass is 10.1. The Morgan fingerprint density at radius 2 is 1.49 bits per heavy atom. The minimum atomic E-state index is -0.498. The molecule has 0 saturated carbocycles. The molecule has 0 radical (unpaired) electrons. The van der Waals surface area contributed by atoms with Gasteiger partial charge < -0.3 is 15.4 Å². The lowest BCUT2D eigenvalue weighted by Crippen LogP contribution is -2.48. The number of carbonyl (C=O) groups excluding carboxylic acids is 4. The van der Waals surface area contributed by atoms with Crippen LogP contribution in [0.5, 0.6) is 0 Å². The molecule has 0 aliphatic carbocycles. The van der Waals surface area contributed by atoms with Crippen molar-refractivity contribution in [3.05, 3.63) is 101 Å². The Morgan fingerprint density at radius 1 is 0.795 bits per heavy atom. The third-order valence-electron chi connectivity index (χ3n) is 5.61. The standard InChI is InChI=1S/C29H30N4O5S/c1-20-8-5-6-12-24(20)28(37)30-23-15-13-22(14-16-23)27(36)32-33-29(39)31-25(34)17-18-26(35)38-19-7-11-21-9-3-2-4-10-21/h2-6,8-10,12-16H,7,11,17-19H2,1H3,(H,30,37)(H,32,36)(H2,31,33,34,39). The number of anilines is 1. The number of hydrogen-bond acceptors (Lipinski definition) is 6. The first-order chi connectivity index (χ1) is 18.8. The number of ether oxygens (including phenoxy) is 1. The van der Waals surface area contributed by atoms with Gasteiger partial charge in [-0.3, -0.25) is 30.0 Å². The smallest absolute Gasteiger partial charge is 0.306 e. The van der Waals surface area contributed by atoms with Gasteiger partial charge >= 0.3 is 5.97 Å². The van der Waals surface area contributed by atoms with Crippen molar-refractivity contribution in [3.8, 4) is 0 Å². The van der Waals surface area contributed by atoms with Gasteiger partial charge in [0.1, 0.15) is 0 Å². The number of esters is 1. The van der Waals surface area contributed by atoms with E-state index in [1.807, 2.05) is 49.4 Å². The molecule has 0 fully saturated rings. The van der Waals surface area contributed by atoms with E-state index < -0.39 is 17.8 Å². The Bertz CT molecular complexity index is 1310. The van der Waals surface area contributed by atoms with Crippen molar-refractivity contribution in [2.45, 2.75) is 32.6 Å². The largest absolute Gasteiger partial charge is 0.466 e. The zero-order chi connectivity index (χ0) is 28.0. The summed E-state index contributed by atoms with van der Waals surface area (Å²) in [6, 6.07) is 23.4. The maximum atomic E-state index is 12.4.